The molecule has 3 N–H and O–H groups in total. The lowest BCUT2D eigenvalue weighted by molar-refractivity contribution is -0.120. The van der Waals surface area contributed by atoms with Crippen LogP contribution in [0, 0.1) is 13.8 Å². The van der Waals surface area contributed by atoms with E-state index in [1.807, 2.05) is 26.0 Å². The first-order chi connectivity index (χ1) is 21.3. The summed E-state index contributed by atoms with van der Waals surface area (Å²) in [7, 11) is -2.42. The van der Waals surface area contributed by atoms with Gasteiger partial charge in [0, 0.05) is 24.1 Å². The number of ether oxygens (including phenoxy) is 1. The highest BCUT2D eigenvalue weighted by Gasteiger charge is 2.26. The zero-order valence-corrected chi connectivity index (χ0v) is 26.1. The molecule has 45 heavy (non-hydrogen) atoms. The van der Waals surface area contributed by atoms with Crippen LogP contribution in [0.15, 0.2) is 64.5 Å². The standard InChI is InChI=1S/C32H33N5O7S/c1-18-11-21-12-19(2)25(18)15-37(32(41)44-3)16-29(39)35-22-7-10-28(45(4,42)43)20(13-22)5-9-27(38)30(21)36-23-6-8-26-24(14-23)31(40)34-17-33-26/h6-8,10-14,17,30,36H,5,9,15-16H2,1-4H3,(H,35,39)(H,33,34,40). The number of rotatable bonds is 3. The largest absolute Gasteiger partial charge is 0.453 e. The second kappa shape index (κ2) is 12.5. The van der Waals surface area contributed by atoms with Crippen LogP contribution in [0.2, 0.25) is 0 Å². The van der Waals surface area contributed by atoms with Crippen molar-refractivity contribution in [2.45, 2.75) is 44.2 Å². The fourth-order valence-electron chi connectivity index (χ4n) is 5.61. The normalized spacial score (nSPS) is 16.0. The molecule has 0 aliphatic carbocycles. The SMILES string of the molecule is COC(=O)N1CC(=O)Nc2ccc(S(C)(=O)=O)c(c2)CCC(=O)C(Nc2ccc3nc[nH]c(=O)c3c2)c2cc(C)c(c(C)c2)C1. The van der Waals surface area contributed by atoms with Gasteiger partial charge < -0.3 is 20.4 Å². The molecule has 2 amide bonds. The average Bonchev–Trinajstić information content (AvgIpc) is 2.98. The van der Waals surface area contributed by atoms with Gasteiger partial charge in [-0.1, -0.05) is 12.1 Å². The third-order valence-corrected chi connectivity index (χ3v) is 9.02. The fraction of sp³-hybridized carbons (Fsp3) is 0.281. The van der Waals surface area contributed by atoms with E-state index in [2.05, 4.69) is 20.6 Å². The first-order valence-electron chi connectivity index (χ1n) is 14.2. The van der Waals surface area contributed by atoms with Crippen LogP contribution in [0.5, 0.6) is 0 Å². The van der Waals surface area contributed by atoms with Gasteiger partial charge in [-0.2, -0.15) is 0 Å². The minimum absolute atomic E-state index is 0.0245. The van der Waals surface area contributed by atoms with Crippen LogP contribution in [-0.4, -0.2) is 61.0 Å². The van der Waals surface area contributed by atoms with Crippen LogP contribution in [0.4, 0.5) is 16.2 Å². The lowest BCUT2D eigenvalue weighted by Gasteiger charge is -2.26. The number of hydrogen-bond donors (Lipinski definition) is 3. The second-order valence-electron chi connectivity index (χ2n) is 11.1. The number of nitrogens with one attached hydrogen (secondary N) is 3. The summed E-state index contributed by atoms with van der Waals surface area (Å²) in [4.78, 5) is 60.2. The lowest BCUT2D eigenvalue weighted by Crippen LogP contribution is -2.38. The minimum Gasteiger partial charge on any atom is -0.453 e. The van der Waals surface area contributed by atoms with E-state index < -0.39 is 27.9 Å². The monoisotopic (exact) mass is 631 g/mol. The van der Waals surface area contributed by atoms with E-state index in [1.54, 1.807) is 18.2 Å². The first-order valence-corrected chi connectivity index (χ1v) is 16.1. The molecule has 2 aliphatic rings. The fourth-order valence-corrected chi connectivity index (χ4v) is 6.57. The number of carbonyl (C=O) groups excluding carboxylic acids is 3. The van der Waals surface area contributed by atoms with Crippen molar-refractivity contribution < 1.29 is 27.5 Å². The molecule has 234 valence electrons. The zero-order valence-electron chi connectivity index (χ0n) is 25.3. The average molecular weight is 632 g/mol. The molecule has 4 bridgehead atoms. The number of benzene rings is 3. The number of fused-ring (bicyclic) bond motifs is 10. The maximum Gasteiger partial charge on any atom is 0.410 e. The number of amides is 2. The van der Waals surface area contributed by atoms with Gasteiger partial charge >= 0.3 is 6.09 Å². The van der Waals surface area contributed by atoms with Crippen LogP contribution in [0.1, 0.15) is 40.3 Å². The Labute approximate surface area is 259 Å². The van der Waals surface area contributed by atoms with Crippen molar-refractivity contribution in [3.05, 3.63) is 93.0 Å². The number of Topliss-reactive ketones (excluding diaryl/α,β-unsaturated/α-hetero) is 1. The van der Waals surface area contributed by atoms with Gasteiger partial charge in [-0.15, -0.1) is 0 Å². The predicted octanol–water partition coefficient (Wildman–Crippen LogP) is 3.82. The van der Waals surface area contributed by atoms with Gasteiger partial charge in [0.15, 0.2) is 15.6 Å². The van der Waals surface area contributed by atoms with Crippen LogP contribution < -0.4 is 16.2 Å². The number of anilines is 2. The molecule has 0 radical (unpaired) electrons. The van der Waals surface area contributed by atoms with Gasteiger partial charge in [0.05, 0.1) is 35.8 Å². The van der Waals surface area contributed by atoms with E-state index in [4.69, 9.17) is 4.74 Å². The van der Waals surface area contributed by atoms with Gasteiger partial charge in [-0.3, -0.25) is 19.3 Å². The number of aromatic amines is 1. The molecular weight excluding hydrogens is 598 g/mol. The van der Waals surface area contributed by atoms with E-state index in [1.165, 1.54) is 36.5 Å². The summed E-state index contributed by atoms with van der Waals surface area (Å²) in [6.45, 7) is 3.48. The highest BCUT2D eigenvalue weighted by molar-refractivity contribution is 7.90. The van der Waals surface area contributed by atoms with Crippen LogP contribution in [0.3, 0.4) is 0 Å². The Balaban J connectivity index is 1.63. The quantitative estimate of drug-likeness (QED) is 0.305. The summed E-state index contributed by atoms with van der Waals surface area (Å²) in [5, 5.41) is 6.37. The number of aryl methyl sites for hydroxylation is 3. The van der Waals surface area contributed by atoms with Crippen LogP contribution in [-0.2, 0) is 37.1 Å². The summed E-state index contributed by atoms with van der Waals surface area (Å²) >= 11 is 0. The van der Waals surface area contributed by atoms with Crippen molar-refractivity contribution in [3.63, 3.8) is 0 Å². The van der Waals surface area contributed by atoms with Gasteiger partial charge in [0.2, 0.25) is 5.91 Å². The molecule has 4 aromatic rings. The Hall–Kier alpha value is -5.04. The van der Waals surface area contributed by atoms with E-state index in [0.717, 1.165) is 22.9 Å². The molecular formula is C32H33N5O7S. The summed E-state index contributed by atoms with van der Waals surface area (Å²) in [5.74, 6) is -0.721. The maximum absolute atomic E-state index is 14.0. The van der Waals surface area contributed by atoms with Gasteiger partial charge in [0.25, 0.3) is 5.56 Å². The number of hydrogen-bond acceptors (Lipinski definition) is 9. The van der Waals surface area contributed by atoms with Gasteiger partial charge in [-0.25, -0.2) is 18.2 Å². The molecule has 3 heterocycles. The summed E-state index contributed by atoms with van der Waals surface area (Å²) in [5.41, 5.74) is 4.40. The molecule has 2 aliphatic heterocycles. The highest BCUT2D eigenvalue weighted by Crippen LogP contribution is 2.30. The molecule has 0 spiro atoms. The van der Waals surface area contributed by atoms with Crippen LogP contribution in [0.25, 0.3) is 10.9 Å². The van der Waals surface area contributed by atoms with Crippen molar-refractivity contribution in [1.82, 2.24) is 14.9 Å². The highest BCUT2D eigenvalue weighted by atomic mass is 32.2. The minimum atomic E-state index is -3.66. The predicted molar refractivity (Wildman–Crippen MR) is 169 cm³/mol. The molecule has 1 aromatic heterocycles. The molecule has 0 fully saturated rings. The van der Waals surface area contributed by atoms with Crippen molar-refractivity contribution >= 4 is 49.9 Å². The van der Waals surface area contributed by atoms with E-state index in [-0.39, 0.29) is 42.2 Å². The maximum atomic E-state index is 14.0. The molecule has 3 aromatic carbocycles. The smallest absolute Gasteiger partial charge is 0.410 e. The van der Waals surface area contributed by atoms with Crippen molar-refractivity contribution in [2.75, 3.05) is 30.5 Å². The molecule has 1 atom stereocenters. The summed E-state index contributed by atoms with van der Waals surface area (Å²) in [6, 6.07) is 12.3. The number of ketones is 1. The molecule has 13 heteroatoms. The number of carbonyl (C=O) groups is 3. The van der Waals surface area contributed by atoms with E-state index >= 15 is 0 Å². The Morgan fingerprint density at radius 3 is 2.42 bits per heavy atom. The Morgan fingerprint density at radius 2 is 1.73 bits per heavy atom. The summed E-state index contributed by atoms with van der Waals surface area (Å²) in [6.07, 6.45) is 1.76. The Bertz CT molecular complexity index is 1980. The topological polar surface area (TPSA) is 168 Å². The third kappa shape index (κ3) is 6.88. The summed E-state index contributed by atoms with van der Waals surface area (Å²) < 4.78 is 30.2. The Kier molecular flexibility index (Phi) is 8.73. The van der Waals surface area contributed by atoms with E-state index in [9.17, 15) is 27.6 Å². The third-order valence-electron chi connectivity index (χ3n) is 7.83. The van der Waals surface area contributed by atoms with Crippen molar-refractivity contribution in [1.29, 1.82) is 0 Å². The van der Waals surface area contributed by atoms with E-state index in [0.29, 0.717) is 33.4 Å². The number of sulfone groups is 1. The second-order valence-corrected chi connectivity index (χ2v) is 13.1. The first kappa shape index (κ1) is 31.4. The molecule has 12 nitrogen and oxygen atoms in total. The number of nitrogens with zero attached hydrogens (tertiary/aromatic N) is 2. The Morgan fingerprint density at radius 1 is 1.00 bits per heavy atom. The molecule has 1 unspecified atom stereocenters. The van der Waals surface area contributed by atoms with Gasteiger partial charge in [0.1, 0.15) is 12.6 Å². The van der Waals surface area contributed by atoms with Gasteiger partial charge in [-0.05, 0) is 84.5 Å². The number of H-pyrrole nitrogens is 1. The number of methoxy groups -OCH3 is 1. The lowest BCUT2D eigenvalue weighted by atomic mass is 9.91. The molecule has 0 saturated heterocycles. The molecule has 0 saturated carbocycles. The molecule has 6 rings (SSSR count). The van der Waals surface area contributed by atoms with Crippen molar-refractivity contribution in [2.24, 2.45) is 0 Å². The zero-order chi connectivity index (χ0) is 32.5. The van der Waals surface area contributed by atoms with Crippen molar-refractivity contribution in [3.8, 4) is 0 Å². The van der Waals surface area contributed by atoms with Crippen LogP contribution >= 0.6 is 0 Å². The number of aromatic nitrogens is 2.